The van der Waals surface area contributed by atoms with Gasteiger partial charge in [0.2, 0.25) is 10.0 Å². The van der Waals surface area contributed by atoms with E-state index in [0.29, 0.717) is 22.4 Å². The Morgan fingerprint density at radius 3 is 2.43 bits per heavy atom. The Morgan fingerprint density at radius 2 is 1.86 bits per heavy atom. The number of hydrogen-bond acceptors (Lipinski definition) is 2. The average Bonchev–Trinajstić information content (AvgIpc) is 3.04. The molecule has 0 saturated heterocycles. The van der Waals surface area contributed by atoms with E-state index >= 15 is 0 Å². The van der Waals surface area contributed by atoms with Gasteiger partial charge in [-0.05, 0) is 49.3 Å². The smallest absolute Gasteiger partial charge is 0.207 e. The summed E-state index contributed by atoms with van der Waals surface area (Å²) in [5, 5.41) is 0.653. The number of allylic oxidation sites excluding steroid dienone is 1. The lowest BCUT2D eigenvalue weighted by Crippen LogP contribution is -2.39. The van der Waals surface area contributed by atoms with Gasteiger partial charge >= 0.3 is 0 Å². The monoisotopic (exact) mass is 345 g/mol. The first-order valence-electron chi connectivity index (χ1n) is 6.92. The molecule has 114 valence electrons. The Bertz CT molecular complexity index is 715. The standard InChI is InChI=1S/C15H17Cl2NO2S/c1-9-5-15(13(17)8-12(9)16)21(19,20)18(2)14-7-10-3-4-11(14)6-10/h3-5,8,10-11,14H,6-7H2,1-2H3. The number of hydrogen-bond donors (Lipinski definition) is 0. The number of nitrogens with zero attached hydrogens (tertiary/aromatic N) is 1. The van der Waals surface area contributed by atoms with Gasteiger partial charge in [0, 0.05) is 18.1 Å². The van der Waals surface area contributed by atoms with Gasteiger partial charge in [0.25, 0.3) is 0 Å². The molecule has 2 aliphatic rings. The van der Waals surface area contributed by atoms with Crippen LogP contribution in [0.3, 0.4) is 0 Å². The molecule has 6 heteroatoms. The molecule has 0 heterocycles. The highest BCUT2D eigenvalue weighted by atomic mass is 35.5. The van der Waals surface area contributed by atoms with E-state index in [1.54, 1.807) is 20.0 Å². The highest BCUT2D eigenvalue weighted by molar-refractivity contribution is 7.89. The lowest BCUT2D eigenvalue weighted by molar-refractivity contribution is 0.327. The van der Waals surface area contributed by atoms with Gasteiger partial charge in [-0.15, -0.1) is 0 Å². The Hall–Kier alpha value is -0.550. The molecule has 3 nitrogen and oxygen atoms in total. The van der Waals surface area contributed by atoms with Gasteiger partial charge in [0.1, 0.15) is 4.90 Å². The lowest BCUT2D eigenvalue weighted by Gasteiger charge is -2.29. The van der Waals surface area contributed by atoms with Crippen molar-refractivity contribution < 1.29 is 8.42 Å². The highest BCUT2D eigenvalue weighted by Crippen LogP contribution is 2.43. The zero-order valence-electron chi connectivity index (χ0n) is 11.9. The second-order valence-electron chi connectivity index (χ2n) is 5.90. The molecule has 3 atom stereocenters. The molecule has 0 radical (unpaired) electrons. The molecule has 3 unspecified atom stereocenters. The molecule has 0 spiro atoms. The van der Waals surface area contributed by atoms with E-state index in [2.05, 4.69) is 12.2 Å². The van der Waals surface area contributed by atoms with E-state index in [4.69, 9.17) is 23.2 Å². The normalized spacial score (nSPS) is 27.8. The van der Waals surface area contributed by atoms with Crippen LogP contribution in [0.1, 0.15) is 18.4 Å². The number of halogens is 2. The number of sulfonamides is 1. The van der Waals surface area contributed by atoms with E-state index < -0.39 is 10.0 Å². The maximum atomic E-state index is 12.9. The number of fused-ring (bicyclic) bond motifs is 2. The second kappa shape index (κ2) is 5.27. The highest BCUT2D eigenvalue weighted by Gasteiger charge is 2.42. The molecule has 1 saturated carbocycles. The van der Waals surface area contributed by atoms with Gasteiger partial charge in [-0.1, -0.05) is 35.4 Å². The second-order valence-corrected chi connectivity index (χ2v) is 8.68. The van der Waals surface area contributed by atoms with Gasteiger partial charge in [0.15, 0.2) is 0 Å². The fourth-order valence-corrected chi connectivity index (χ4v) is 5.55. The van der Waals surface area contributed by atoms with Crippen molar-refractivity contribution in [3.8, 4) is 0 Å². The number of benzene rings is 1. The molecule has 0 amide bonds. The van der Waals surface area contributed by atoms with Crippen LogP contribution in [0.2, 0.25) is 10.0 Å². The van der Waals surface area contributed by atoms with E-state index in [1.807, 2.05) is 0 Å². The van der Waals surface area contributed by atoms with Crippen molar-refractivity contribution in [3.63, 3.8) is 0 Å². The summed E-state index contributed by atoms with van der Waals surface area (Å²) >= 11 is 12.1. The van der Waals surface area contributed by atoms with Crippen molar-refractivity contribution in [2.24, 2.45) is 11.8 Å². The average molecular weight is 346 g/mol. The summed E-state index contributed by atoms with van der Waals surface area (Å²) in [6.07, 6.45) is 6.28. The Morgan fingerprint density at radius 1 is 1.14 bits per heavy atom. The van der Waals surface area contributed by atoms with Crippen LogP contribution in [0.5, 0.6) is 0 Å². The van der Waals surface area contributed by atoms with Crippen LogP contribution >= 0.6 is 23.2 Å². The van der Waals surface area contributed by atoms with Crippen LogP contribution in [0.4, 0.5) is 0 Å². The molecule has 1 aromatic rings. The Balaban J connectivity index is 1.97. The van der Waals surface area contributed by atoms with Gasteiger partial charge in [-0.2, -0.15) is 4.31 Å². The van der Waals surface area contributed by atoms with Crippen LogP contribution in [-0.2, 0) is 10.0 Å². The van der Waals surface area contributed by atoms with Crippen LogP contribution < -0.4 is 0 Å². The minimum absolute atomic E-state index is 0.0250. The van der Waals surface area contributed by atoms with Gasteiger partial charge in [-0.25, -0.2) is 8.42 Å². The first-order valence-corrected chi connectivity index (χ1v) is 9.12. The van der Waals surface area contributed by atoms with E-state index in [1.165, 1.54) is 10.4 Å². The molecule has 2 bridgehead atoms. The van der Waals surface area contributed by atoms with Crippen LogP contribution in [-0.4, -0.2) is 25.8 Å². The zero-order chi connectivity index (χ0) is 15.4. The quantitative estimate of drug-likeness (QED) is 0.779. The predicted octanol–water partition coefficient (Wildman–Crippen LogP) is 3.89. The van der Waals surface area contributed by atoms with E-state index in [9.17, 15) is 8.42 Å². The van der Waals surface area contributed by atoms with E-state index in [-0.39, 0.29) is 16.0 Å². The molecule has 0 N–H and O–H groups in total. The fraction of sp³-hybridized carbons (Fsp3) is 0.467. The maximum absolute atomic E-state index is 12.9. The Labute approximate surface area is 135 Å². The maximum Gasteiger partial charge on any atom is 0.244 e. The van der Waals surface area contributed by atoms with Crippen LogP contribution in [0, 0.1) is 18.8 Å². The summed E-state index contributed by atoms with van der Waals surface area (Å²) < 4.78 is 27.2. The summed E-state index contributed by atoms with van der Waals surface area (Å²) in [4.78, 5) is 0.139. The minimum atomic E-state index is -3.61. The number of aryl methyl sites for hydroxylation is 1. The minimum Gasteiger partial charge on any atom is -0.207 e. The first kappa shape index (κ1) is 15.3. The molecule has 3 rings (SSSR count). The first-order chi connectivity index (χ1) is 9.80. The van der Waals surface area contributed by atoms with Crippen molar-refractivity contribution in [2.45, 2.75) is 30.7 Å². The van der Waals surface area contributed by atoms with Crippen molar-refractivity contribution in [1.82, 2.24) is 4.31 Å². The zero-order valence-corrected chi connectivity index (χ0v) is 14.2. The summed E-state index contributed by atoms with van der Waals surface area (Å²) in [5.41, 5.74) is 0.709. The molecule has 1 aromatic carbocycles. The third-order valence-corrected chi connectivity index (χ3v) is 7.34. The fourth-order valence-electron chi connectivity index (χ4n) is 3.33. The van der Waals surface area contributed by atoms with Crippen molar-refractivity contribution in [1.29, 1.82) is 0 Å². The summed E-state index contributed by atoms with van der Waals surface area (Å²) in [6.45, 7) is 1.78. The third-order valence-electron chi connectivity index (χ3n) is 4.58. The van der Waals surface area contributed by atoms with Crippen molar-refractivity contribution >= 4 is 33.2 Å². The van der Waals surface area contributed by atoms with Gasteiger partial charge in [0.05, 0.1) is 5.02 Å². The third kappa shape index (κ3) is 2.52. The van der Waals surface area contributed by atoms with Crippen LogP contribution in [0.15, 0.2) is 29.2 Å². The molecule has 1 fully saturated rings. The largest absolute Gasteiger partial charge is 0.244 e. The van der Waals surface area contributed by atoms with Gasteiger partial charge < -0.3 is 0 Å². The van der Waals surface area contributed by atoms with Crippen molar-refractivity contribution in [3.05, 3.63) is 39.9 Å². The topological polar surface area (TPSA) is 37.4 Å². The molecule has 21 heavy (non-hydrogen) atoms. The summed E-state index contributed by atoms with van der Waals surface area (Å²) in [6, 6.07) is 3.08. The lowest BCUT2D eigenvalue weighted by atomic mass is 10.0. The molecular formula is C15H17Cl2NO2S. The molecular weight excluding hydrogens is 329 g/mol. The SMILES string of the molecule is Cc1cc(S(=O)(=O)N(C)C2CC3C=CC2C3)c(Cl)cc1Cl. The van der Waals surface area contributed by atoms with E-state index in [0.717, 1.165) is 12.8 Å². The van der Waals surface area contributed by atoms with Gasteiger partial charge in [-0.3, -0.25) is 0 Å². The van der Waals surface area contributed by atoms with Crippen molar-refractivity contribution in [2.75, 3.05) is 7.05 Å². The predicted molar refractivity (Wildman–Crippen MR) is 85.3 cm³/mol. The molecule has 2 aliphatic carbocycles. The van der Waals surface area contributed by atoms with Crippen LogP contribution in [0.25, 0.3) is 0 Å². The molecule has 0 aromatic heterocycles. The summed E-state index contributed by atoms with van der Waals surface area (Å²) in [7, 11) is -1.96. The Kier molecular flexibility index (Phi) is 3.85. The number of rotatable bonds is 3. The summed E-state index contributed by atoms with van der Waals surface area (Å²) in [5.74, 6) is 0.835. The molecule has 0 aliphatic heterocycles.